The van der Waals surface area contributed by atoms with E-state index in [1.54, 1.807) is 0 Å². The normalized spacial score (nSPS) is 15.8. The van der Waals surface area contributed by atoms with Crippen molar-refractivity contribution >= 4 is 5.97 Å². The highest BCUT2D eigenvalue weighted by Gasteiger charge is 2.16. The van der Waals surface area contributed by atoms with Crippen LogP contribution in [0.3, 0.4) is 0 Å². The number of aliphatic carboxylic acids is 1. The van der Waals surface area contributed by atoms with Gasteiger partial charge in [0.15, 0.2) is 0 Å². The van der Waals surface area contributed by atoms with E-state index >= 15 is 0 Å². The third-order valence-corrected chi connectivity index (χ3v) is 3.09. The molecule has 0 unspecified atom stereocenters. The molecule has 0 atom stereocenters. The van der Waals surface area contributed by atoms with Crippen molar-refractivity contribution in [1.82, 2.24) is 4.90 Å². The molecule has 86 valence electrons. The van der Waals surface area contributed by atoms with E-state index in [0.717, 1.165) is 19.5 Å². The average molecular weight is 219 g/mol. The molecule has 1 aromatic carbocycles. The lowest BCUT2D eigenvalue weighted by Gasteiger charge is -2.28. The first-order chi connectivity index (χ1) is 7.65. The average Bonchev–Trinajstić information content (AvgIpc) is 2.26. The van der Waals surface area contributed by atoms with Crippen molar-refractivity contribution < 1.29 is 9.90 Å². The maximum atomic E-state index is 10.5. The van der Waals surface area contributed by atoms with Crippen LogP contribution in [0.5, 0.6) is 0 Å². The van der Waals surface area contributed by atoms with E-state index in [-0.39, 0.29) is 6.42 Å². The van der Waals surface area contributed by atoms with Crippen molar-refractivity contribution in [1.29, 1.82) is 0 Å². The van der Waals surface area contributed by atoms with Gasteiger partial charge < -0.3 is 5.11 Å². The van der Waals surface area contributed by atoms with Gasteiger partial charge in [-0.25, -0.2) is 0 Å². The van der Waals surface area contributed by atoms with Crippen molar-refractivity contribution in [3.8, 4) is 0 Å². The fourth-order valence-electron chi connectivity index (χ4n) is 2.18. The first-order valence-corrected chi connectivity index (χ1v) is 5.68. The van der Waals surface area contributed by atoms with Gasteiger partial charge in [-0.3, -0.25) is 9.69 Å². The maximum absolute atomic E-state index is 10.5. The molecular weight excluding hydrogens is 202 g/mol. The number of carbonyl (C=O) groups is 1. The SMILES string of the molecule is Cc1ccc2c(c1)CCN(CCC(=O)O)C2. The molecule has 0 aliphatic carbocycles. The quantitative estimate of drug-likeness (QED) is 0.843. The second kappa shape index (κ2) is 4.66. The Kier molecular flexibility index (Phi) is 3.25. The Morgan fingerprint density at radius 2 is 2.25 bits per heavy atom. The molecule has 0 fully saturated rings. The lowest BCUT2D eigenvalue weighted by atomic mass is 9.97. The second-order valence-corrected chi connectivity index (χ2v) is 4.44. The van der Waals surface area contributed by atoms with Crippen LogP contribution in [0.1, 0.15) is 23.1 Å². The first-order valence-electron chi connectivity index (χ1n) is 5.68. The minimum atomic E-state index is -0.713. The molecule has 1 aliphatic rings. The second-order valence-electron chi connectivity index (χ2n) is 4.44. The number of carboxylic acids is 1. The number of benzene rings is 1. The zero-order valence-corrected chi connectivity index (χ0v) is 9.57. The van der Waals surface area contributed by atoms with E-state index in [1.807, 2.05) is 0 Å². The van der Waals surface area contributed by atoms with Crippen LogP contribution in [-0.2, 0) is 17.8 Å². The van der Waals surface area contributed by atoms with Crippen molar-refractivity contribution in [3.63, 3.8) is 0 Å². The maximum Gasteiger partial charge on any atom is 0.304 e. The Hall–Kier alpha value is -1.35. The van der Waals surface area contributed by atoms with Gasteiger partial charge in [0, 0.05) is 19.6 Å². The zero-order chi connectivity index (χ0) is 11.5. The van der Waals surface area contributed by atoms with Crippen molar-refractivity contribution in [2.45, 2.75) is 26.3 Å². The number of aryl methyl sites for hydroxylation is 1. The summed E-state index contributed by atoms with van der Waals surface area (Å²) in [5.74, 6) is -0.713. The molecular formula is C13H17NO2. The van der Waals surface area contributed by atoms with Crippen LogP contribution in [0.4, 0.5) is 0 Å². The van der Waals surface area contributed by atoms with E-state index in [9.17, 15) is 4.79 Å². The van der Waals surface area contributed by atoms with Crippen LogP contribution in [0.15, 0.2) is 18.2 Å². The van der Waals surface area contributed by atoms with E-state index in [4.69, 9.17) is 5.11 Å². The third kappa shape index (κ3) is 2.61. The highest BCUT2D eigenvalue weighted by atomic mass is 16.4. The van der Waals surface area contributed by atoms with E-state index in [0.29, 0.717) is 6.54 Å². The van der Waals surface area contributed by atoms with Crippen LogP contribution < -0.4 is 0 Å². The summed E-state index contributed by atoms with van der Waals surface area (Å²) >= 11 is 0. The van der Waals surface area contributed by atoms with Gasteiger partial charge in [-0.15, -0.1) is 0 Å². The van der Waals surface area contributed by atoms with Gasteiger partial charge in [-0.1, -0.05) is 23.8 Å². The summed E-state index contributed by atoms with van der Waals surface area (Å²) < 4.78 is 0. The predicted molar refractivity (Wildman–Crippen MR) is 62.4 cm³/mol. The Morgan fingerprint density at radius 3 is 3.00 bits per heavy atom. The van der Waals surface area contributed by atoms with E-state index in [2.05, 4.69) is 30.0 Å². The smallest absolute Gasteiger partial charge is 0.304 e. The molecule has 0 spiro atoms. The molecule has 1 N–H and O–H groups in total. The van der Waals surface area contributed by atoms with Gasteiger partial charge in [0.1, 0.15) is 0 Å². The molecule has 16 heavy (non-hydrogen) atoms. The minimum absolute atomic E-state index is 0.237. The van der Waals surface area contributed by atoms with Crippen LogP contribution in [0, 0.1) is 6.92 Å². The molecule has 0 aromatic heterocycles. The molecule has 0 amide bonds. The van der Waals surface area contributed by atoms with Crippen molar-refractivity contribution in [2.75, 3.05) is 13.1 Å². The zero-order valence-electron chi connectivity index (χ0n) is 9.57. The lowest BCUT2D eigenvalue weighted by Crippen LogP contribution is -2.32. The molecule has 3 nitrogen and oxygen atoms in total. The number of hydrogen-bond acceptors (Lipinski definition) is 2. The molecule has 1 heterocycles. The summed E-state index contributed by atoms with van der Waals surface area (Å²) in [5.41, 5.74) is 4.08. The summed E-state index contributed by atoms with van der Waals surface area (Å²) in [7, 11) is 0. The van der Waals surface area contributed by atoms with Crippen molar-refractivity contribution in [3.05, 3.63) is 34.9 Å². The molecule has 2 rings (SSSR count). The van der Waals surface area contributed by atoms with E-state index < -0.39 is 5.97 Å². The molecule has 0 radical (unpaired) electrons. The molecule has 1 aromatic rings. The topological polar surface area (TPSA) is 40.5 Å². The third-order valence-electron chi connectivity index (χ3n) is 3.09. The minimum Gasteiger partial charge on any atom is -0.481 e. The Morgan fingerprint density at radius 1 is 1.44 bits per heavy atom. The molecule has 3 heteroatoms. The molecule has 1 aliphatic heterocycles. The summed E-state index contributed by atoms with van der Waals surface area (Å²) in [4.78, 5) is 12.7. The van der Waals surface area contributed by atoms with Gasteiger partial charge in [-0.2, -0.15) is 0 Å². The number of rotatable bonds is 3. The monoisotopic (exact) mass is 219 g/mol. The van der Waals surface area contributed by atoms with Gasteiger partial charge in [0.25, 0.3) is 0 Å². The van der Waals surface area contributed by atoms with Gasteiger partial charge in [0.2, 0.25) is 0 Å². The van der Waals surface area contributed by atoms with Gasteiger partial charge in [-0.05, 0) is 24.5 Å². The Labute approximate surface area is 95.7 Å². The number of carboxylic acid groups (broad SMARTS) is 1. The lowest BCUT2D eigenvalue weighted by molar-refractivity contribution is -0.137. The van der Waals surface area contributed by atoms with Gasteiger partial charge >= 0.3 is 5.97 Å². The van der Waals surface area contributed by atoms with Gasteiger partial charge in [0.05, 0.1) is 6.42 Å². The van der Waals surface area contributed by atoms with Crippen LogP contribution >= 0.6 is 0 Å². The first kappa shape index (κ1) is 11.1. The van der Waals surface area contributed by atoms with E-state index in [1.165, 1.54) is 16.7 Å². The highest BCUT2D eigenvalue weighted by molar-refractivity contribution is 5.66. The summed E-state index contributed by atoms with van der Waals surface area (Å²) in [5, 5.41) is 8.65. The molecule has 0 saturated carbocycles. The number of nitrogens with zero attached hydrogens (tertiary/aromatic N) is 1. The highest BCUT2D eigenvalue weighted by Crippen LogP contribution is 2.20. The van der Waals surface area contributed by atoms with Crippen LogP contribution in [-0.4, -0.2) is 29.1 Å². The molecule has 0 bridgehead atoms. The predicted octanol–water partition coefficient (Wildman–Crippen LogP) is 1.83. The number of hydrogen-bond donors (Lipinski definition) is 1. The fourth-order valence-corrected chi connectivity index (χ4v) is 2.18. The Balaban J connectivity index is 2.01. The van der Waals surface area contributed by atoms with Crippen LogP contribution in [0.25, 0.3) is 0 Å². The standard InChI is InChI=1S/C13H17NO2/c1-10-2-3-12-9-14(7-5-13(15)16)6-4-11(12)8-10/h2-3,8H,4-7,9H2,1H3,(H,15,16). The largest absolute Gasteiger partial charge is 0.481 e. The molecule has 0 saturated heterocycles. The summed E-state index contributed by atoms with van der Waals surface area (Å²) in [6.07, 6.45) is 1.28. The Bertz CT molecular complexity index is 401. The summed E-state index contributed by atoms with van der Waals surface area (Å²) in [6.45, 7) is 4.63. The van der Waals surface area contributed by atoms with Crippen molar-refractivity contribution in [2.24, 2.45) is 0 Å². The fraction of sp³-hybridized carbons (Fsp3) is 0.462. The van der Waals surface area contributed by atoms with Crippen LogP contribution in [0.2, 0.25) is 0 Å². The summed E-state index contributed by atoms with van der Waals surface area (Å²) in [6, 6.07) is 6.53. The number of fused-ring (bicyclic) bond motifs is 1.